The van der Waals surface area contributed by atoms with Gasteiger partial charge in [0.1, 0.15) is 0 Å². The molecule has 0 amide bonds. The molecule has 0 aliphatic heterocycles. The van der Waals surface area contributed by atoms with Gasteiger partial charge in [-0.1, -0.05) is 194 Å². The van der Waals surface area contributed by atoms with E-state index in [9.17, 15) is 0 Å². The Kier molecular flexibility index (Phi) is 9.77. The highest BCUT2D eigenvalue weighted by Gasteiger charge is 2.27. The van der Waals surface area contributed by atoms with Crippen molar-refractivity contribution in [2.75, 3.05) is 0 Å². The Bertz CT molecular complexity index is 5930. The van der Waals surface area contributed by atoms with Crippen molar-refractivity contribution in [2.24, 2.45) is 0 Å². The molecule has 0 saturated carbocycles. The highest BCUT2D eigenvalue weighted by Crippen LogP contribution is 2.47. The fourth-order valence-corrected chi connectivity index (χ4v) is 14.7. The van der Waals surface area contributed by atoms with Crippen molar-refractivity contribution < 1.29 is 0 Å². The predicted octanol–water partition coefficient (Wildman–Crippen LogP) is 20.2. The summed E-state index contributed by atoms with van der Waals surface area (Å²) in [5.41, 5.74) is 23.4. The van der Waals surface area contributed by atoms with Crippen LogP contribution in [-0.4, -0.2) is 32.2 Å². The molecule has 7 nitrogen and oxygen atoms in total. The van der Waals surface area contributed by atoms with E-state index >= 15 is 0 Å². The Balaban J connectivity index is 0.870. The van der Waals surface area contributed by atoms with E-state index in [4.69, 9.17) is 4.98 Å². The van der Waals surface area contributed by atoms with Crippen LogP contribution in [0.15, 0.2) is 297 Å². The van der Waals surface area contributed by atoms with Crippen LogP contribution in [0.2, 0.25) is 0 Å². The molecular formula is C79H49N7. The molecule has 6 aromatic heterocycles. The molecule has 19 aromatic rings. The minimum atomic E-state index is 0.882. The van der Waals surface area contributed by atoms with Crippen molar-refractivity contribution in [1.29, 1.82) is 0 Å². The van der Waals surface area contributed by atoms with Crippen LogP contribution >= 0.6 is 0 Å². The van der Waals surface area contributed by atoms with Crippen LogP contribution in [0.25, 0.3) is 166 Å². The van der Waals surface area contributed by atoms with Gasteiger partial charge in [-0.2, -0.15) is 0 Å². The van der Waals surface area contributed by atoms with E-state index < -0.39 is 0 Å². The van der Waals surface area contributed by atoms with Gasteiger partial charge < -0.3 is 18.3 Å². The Morgan fingerprint density at radius 1 is 0.221 bits per heavy atom. The van der Waals surface area contributed by atoms with Crippen LogP contribution in [0.1, 0.15) is 0 Å². The first kappa shape index (κ1) is 46.9. The molecule has 19 rings (SSSR count). The zero-order valence-electron chi connectivity index (χ0n) is 46.4. The van der Waals surface area contributed by atoms with Gasteiger partial charge in [-0.25, -0.2) is 4.98 Å². The van der Waals surface area contributed by atoms with Gasteiger partial charge >= 0.3 is 0 Å². The number of imidazole rings is 2. The summed E-state index contributed by atoms with van der Waals surface area (Å²) in [5.74, 6) is 0.882. The topological polar surface area (TPSA) is 42.0 Å². The molecule has 0 unspecified atom stereocenters. The van der Waals surface area contributed by atoms with Crippen molar-refractivity contribution in [2.45, 2.75) is 0 Å². The molecule has 6 heterocycles. The molecule has 0 saturated heterocycles. The zero-order valence-corrected chi connectivity index (χ0v) is 46.4. The van der Waals surface area contributed by atoms with Gasteiger partial charge in [-0.3, -0.25) is 8.97 Å². The third-order valence-corrected chi connectivity index (χ3v) is 18.2. The average molecular weight is 1100 g/mol. The summed E-state index contributed by atoms with van der Waals surface area (Å²) in [4.78, 5) is 5.46. The smallest absolute Gasteiger partial charge is 0.220 e. The Hall–Kier alpha value is -11.7. The first-order valence-corrected chi connectivity index (χ1v) is 29.5. The third-order valence-electron chi connectivity index (χ3n) is 18.2. The second-order valence-electron chi connectivity index (χ2n) is 22.6. The van der Waals surface area contributed by atoms with Crippen LogP contribution in [0, 0.1) is 0 Å². The summed E-state index contributed by atoms with van der Waals surface area (Å²) in [7, 11) is 0. The number of benzene rings is 13. The maximum absolute atomic E-state index is 5.46. The molecule has 13 aromatic carbocycles. The van der Waals surface area contributed by atoms with Crippen molar-refractivity contribution >= 4 is 115 Å². The minimum absolute atomic E-state index is 0.882. The van der Waals surface area contributed by atoms with Crippen LogP contribution in [-0.2, 0) is 0 Å². The summed E-state index contributed by atoms with van der Waals surface area (Å²) >= 11 is 0. The van der Waals surface area contributed by atoms with Gasteiger partial charge in [-0.15, -0.1) is 0 Å². The van der Waals surface area contributed by atoms with Gasteiger partial charge in [0.05, 0.1) is 83.3 Å². The summed E-state index contributed by atoms with van der Waals surface area (Å²) in [6.07, 6.45) is 0. The summed E-state index contributed by atoms with van der Waals surface area (Å²) < 4.78 is 14.6. The summed E-state index contributed by atoms with van der Waals surface area (Å²) in [6.45, 7) is 0. The summed E-state index contributed by atoms with van der Waals surface area (Å²) in [5, 5.41) is 9.62. The fraction of sp³-hybridized carbons (Fsp3) is 0. The van der Waals surface area contributed by atoms with Gasteiger partial charge in [-0.05, 0) is 103 Å². The predicted molar refractivity (Wildman–Crippen MR) is 358 cm³/mol. The van der Waals surface area contributed by atoms with E-state index in [1.807, 2.05) is 0 Å². The molecule has 0 spiro atoms. The third kappa shape index (κ3) is 6.42. The van der Waals surface area contributed by atoms with Crippen LogP contribution in [0.5, 0.6) is 0 Å². The van der Waals surface area contributed by atoms with Gasteiger partial charge in [0.2, 0.25) is 5.78 Å². The average Bonchev–Trinajstić information content (AvgIpc) is 1.65. The van der Waals surface area contributed by atoms with E-state index in [0.717, 1.165) is 112 Å². The zero-order chi connectivity index (χ0) is 56.1. The van der Waals surface area contributed by atoms with Crippen LogP contribution < -0.4 is 0 Å². The monoisotopic (exact) mass is 1100 g/mol. The fourth-order valence-electron chi connectivity index (χ4n) is 14.7. The molecular weight excluding hydrogens is 1050 g/mol. The number of aromatic nitrogens is 7. The number of fused-ring (bicyclic) bond motifs is 18. The Morgan fingerprint density at radius 3 is 1.17 bits per heavy atom. The van der Waals surface area contributed by atoms with Gasteiger partial charge in [0.15, 0.2) is 0 Å². The number of hydrogen-bond donors (Lipinski definition) is 0. The van der Waals surface area contributed by atoms with Crippen molar-refractivity contribution in [3.63, 3.8) is 0 Å². The van der Waals surface area contributed by atoms with E-state index in [1.54, 1.807) is 0 Å². The molecule has 0 radical (unpaired) electrons. The highest BCUT2D eigenvalue weighted by atomic mass is 15.2. The molecule has 400 valence electrons. The number of nitrogens with zero attached hydrogens (tertiary/aromatic N) is 7. The van der Waals surface area contributed by atoms with Gasteiger partial charge in [0.25, 0.3) is 0 Å². The van der Waals surface area contributed by atoms with Crippen LogP contribution in [0.3, 0.4) is 0 Å². The van der Waals surface area contributed by atoms with E-state index in [1.165, 1.54) is 54.1 Å². The first-order chi connectivity index (χ1) is 42.7. The van der Waals surface area contributed by atoms with Crippen molar-refractivity contribution in [3.8, 4) is 50.7 Å². The first-order valence-electron chi connectivity index (χ1n) is 29.5. The maximum atomic E-state index is 5.46. The molecule has 0 fully saturated rings. The lowest BCUT2D eigenvalue weighted by Crippen LogP contribution is -2.05. The van der Waals surface area contributed by atoms with Crippen LogP contribution in [0.4, 0.5) is 0 Å². The Labute approximate surface area is 492 Å². The number of para-hydroxylation sites is 12. The lowest BCUT2D eigenvalue weighted by molar-refractivity contribution is 1.11. The molecule has 0 atom stereocenters. The largest absolute Gasteiger partial charge is 0.309 e. The van der Waals surface area contributed by atoms with Gasteiger partial charge in [0, 0.05) is 76.7 Å². The molecule has 0 aliphatic rings. The number of hydrogen-bond acceptors (Lipinski definition) is 1. The maximum Gasteiger partial charge on any atom is 0.220 e. The minimum Gasteiger partial charge on any atom is -0.309 e. The number of rotatable bonds is 7. The molecule has 0 N–H and O–H groups in total. The SMILES string of the molecule is c1ccc(-n2c3ccccc3n3c4c(ccc5c6ccccc6n(-c6ccc7c(c6)c6ccccc6n7-c6ccccc6-c6cccc(-c7ccccc7-n7c8ccccc8c8ccccc87)c6-n6c7ccccc7c7ccccc76)c54)nc23)cc1. The lowest BCUT2D eigenvalue weighted by atomic mass is 9.93. The molecule has 0 aliphatic carbocycles. The standard InChI is InChI=1S/C79H49N7/c1-2-23-50(24-3-1)82-74-43-20-21-44-75(74)86-78-64(80-79(82)86)47-46-62-58-31-8-12-35-65(58)81(77(62)78)51-45-48-73-63(49-51)59-32-11-17-40-70(59)84(73)69-39-16-10-30-57(69)61-34-22-33-60(76(61)85-71-41-18-6-27-54(71)55-28-7-19-42-72(55)85)56-29-9-15-38-68(56)83-66-36-13-4-25-52(66)53-26-5-14-37-67(53)83/h1-49H. The van der Waals surface area contributed by atoms with E-state index in [2.05, 4.69) is 324 Å². The van der Waals surface area contributed by atoms with E-state index in [-0.39, 0.29) is 0 Å². The Morgan fingerprint density at radius 2 is 0.628 bits per heavy atom. The second-order valence-corrected chi connectivity index (χ2v) is 22.6. The van der Waals surface area contributed by atoms with Crippen molar-refractivity contribution in [3.05, 3.63) is 297 Å². The van der Waals surface area contributed by atoms with E-state index in [0.29, 0.717) is 0 Å². The van der Waals surface area contributed by atoms with Crippen molar-refractivity contribution in [1.82, 2.24) is 32.2 Å². The quantitative estimate of drug-likeness (QED) is 0.157. The molecule has 7 heteroatoms. The normalized spacial score (nSPS) is 12.2. The highest BCUT2D eigenvalue weighted by molar-refractivity contribution is 6.20. The second kappa shape index (κ2) is 17.9. The molecule has 86 heavy (non-hydrogen) atoms. The molecule has 0 bridgehead atoms. The summed E-state index contributed by atoms with van der Waals surface area (Å²) in [6, 6.07) is 109. The lowest BCUT2D eigenvalue weighted by Gasteiger charge is -2.23.